The molecule has 3 rings (SSSR count). The van der Waals surface area contributed by atoms with Gasteiger partial charge < -0.3 is 20.5 Å². The number of ether oxygens (including phenoxy) is 1. The van der Waals surface area contributed by atoms with Crippen molar-refractivity contribution in [1.29, 1.82) is 0 Å². The second-order valence-corrected chi connectivity index (χ2v) is 7.20. The molecule has 1 aromatic rings. The van der Waals surface area contributed by atoms with Crippen LogP contribution in [0.25, 0.3) is 0 Å². The smallest absolute Gasteiger partial charge is 0.315 e. The molecule has 0 spiro atoms. The van der Waals surface area contributed by atoms with Gasteiger partial charge in [0, 0.05) is 31.0 Å². The highest BCUT2D eigenvalue weighted by Gasteiger charge is 2.47. The molecule has 3 N–H and O–H groups in total. The maximum Gasteiger partial charge on any atom is 0.315 e. The minimum atomic E-state index is -0.132. The zero-order chi connectivity index (χ0) is 17.1. The molecule has 0 radical (unpaired) electrons. The van der Waals surface area contributed by atoms with E-state index in [-0.39, 0.29) is 30.5 Å². The maximum absolute atomic E-state index is 12.3. The van der Waals surface area contributed by atoms with Crippen LogP contribution in [0.4, 0.5) is 4.79 Å². The van der Waals surface area contributed by atoms with Gasteiger partial charge in [0.05, 0.1) is 7.11 Å². The fraction of sp³-hybridized carbons (Fsp3) is 0.632. The average molecular weight is 332 g/mol. The van der Waals surface area contributed by atoms with Crippen molar-refractivity contribution in [2.75, 3.05) is 20.3 Å². The Bertz CT molecular complexity index is 577. The van der Waals surface area contributed by atoms with Gasteiger partial charge in [-0.1, -0.05) is 25.1 Å². The van der Waals surface area contributed by atoms with Crippen LogP contribution in [0.1, 0.15) is 37.7 Å². The first-order valence-electron chi connectivity index (χ1n) is 8.92. The summed E-state index contributed by atoms with van der Waals surface area (Å²) in [5.74, 6) is 2.35. The first-order chi connectivity index (χ1) is 11.6. The number of aliphatic hydroxyl groups excluding tert-OH is 1. The summed E-state index contributed by atoms with van der Waals surface area (Å²) in [5, 5.41) is 15.7. The summed E-state index contributed by atoms with van der Waals surface area (Å²) in [6.45, 7) is 2.80. The molecule has 0 heterocycles. The van der Waals surface area contributed by atoms with Gasteiger partial charge in [-0.05, 0) is 42.7 Å². The van der Waals surface area contributed by atoms with E-state index in [0.717, 1.165) is 17.7 Å². The zero-order valence-corrected chi connectivity index (χ0v) is 14.5. The molecule has 2 aliphatic carbocycles. The van der Waals surface area contributed by atoms with Crippen LogP contribution >= 0.6 is 0 Å². The molecule has 5 nitrogen and oxygen atoms in total. The number of benzene rings is 1. The van der Waals surface area contributed by atoms with Crippen molar-refractivity contribution in [3.63, 3.8) is 0 Å². The Morgan fingerprint density at radius 1 is 1.33 bits per heavy atom. The average Bonchev–Trinajstić information content (AvgIpc) is 3.21. The van der Waals surface area contributed by atoms with Gasteiger partial charge in [-0.15, -0.1) is 0 Å². The van der Waals surface area contributed by atoms with Crippen molar-refractivity contribution in [1.82, 2.24) is 10.6 Å². The van der Waals surface area contributed by atoms with E-state index in [1.165, 1.54) is 12.8 Å². The van der Waals surface area contributed by atoms with Gasteiger partial charge in [0.1, 0.15) is 5.75 Å². The van der Waals surface area contributed by atoms with E-state index in [1.807, 2.05) is 24.3 Å². The molecular weight excluding hydrogens is 304 g/mol. The number of hydrogen-bond donors (Lipinski definition) is 3. The summed E-state index contributed by atoms with van der Waals surface area (Å²) in [5.41, 5.74) is 1.09. The molecule has 1 aromatic carbocycles. The van der Waals surface area contributed by atoms with Crippen LogP contribution in [0.5, 0.6) is 5.75 Å². The number of carbonyl (C=O) groups excluding carboxylic acids is 1. The number of hydrogen-bond acceptors (Lipinski definition) is 3. The molecule has 5 unspecified atom stereocenters. The van der Waals surface area contributed by atoms with E-state index < -0.39 is 0 Å². The molecule has 0 saturated heterocycles. The van der Waals surface area contributed by atoms with E-state index in [0.29, 0.717) is 18.4 Å². The zero-order valence-electron chi connectivity index (χ0n) is 14.5. The maximum atomic E-state index is 12.3. The number of methoxy groups -OCH3 is 1. The lowest BCUT2D eigenvalue weighted by atomic mass is 9.85. The van der Waals surface area contributed by atoms with Gasteiger partial charge in [0.15, 0.2) is 0 Å². The summed E-state index contributed by atoms with van der Waals surface area (Å²) in [4.78, 5) is 12.3. The molecule has 2 bridgehead atoms. The fourth-order valence-corrected chi connectivity index (χ4v) is 4.53. The largest absolute Gasteiger partial charge is 0.496 e. The Labute approximate surface area is 143 Å². The normalized spacial score (nSPS) is 29.3. The molecule has 5 atom stereocenters. The quantitative estimate of drug-likeness (QED) is 0.749. The summed E-state index contributed by atoms with van der Waals surface area (Å²) >= 11 is 0. The summed E-state index contributed by atoms with van der Waals surface area (Å²) < 4.78 is 5.39. The molecule has 0 aromatic heterocycles. The van der Waals surface area contributed by atoms with Gasteiger partial charge in [-0.2, -0.15) is 0 Å². The SMILES string of the molecule is COc1ccccc1C(C)CNC(=O)NC1C2CCC(C2)C1CO. The molecular formula is C19H28N2O3. The molecule has 5 heteroatoms. The minimum Gasteiger partial charge on any atom is -0.496 e. The lowest BCUT2D eigenvalue weighted by molar-refractivity contribution is 0.144. The van der Waals surface area contributed by atoms with Gasteiger partial charge in [-0.25, -0.2) is 4.79 Å². The molecule has 2 fully saturated rings. The van der Waals surface area contributed by atoms with Crippen molar-refractivity contribution in [3.8, 4) is 5.75 Å². The molecule has 0 aliphatic heterocycles. The summed E-state index contributed by atoms with van der Waals surface area (Å²) in [6.07, 6.45) is 3.51. The number of rotatable bonds is 6. The van der Waals surface area contributed by atoms with Crippen molar-refractivity contribution in [2.24, 2.45) is 17.8 Å². The van der Waals surface area contributed by atoms with Crippen LogP contribution in [0, 0.1) is 17.8 Å². The number of aliphatic hydroxyl groups is 1. The topological polar surface area (TPSA) is 70.6 Å². The monoisotopic (exact) mass is 332 g/mol. The Morgan fingerprint density at radius 3 is 2.83 bits per heavy atom. The third-order valence-corrected chi connectivity index (χ3v) is 5.84. The molecule has 2 saturated carbocycles. The number of carbonyl (C=O) groups is 1. The number of urea groups is 1. The first kappa shape index (κ1) is 17.1. The first-order valence-corrected chi connectivity index (χ1v) is 8.92. The van der Waals surface area contributed by atoms with Gasteiger partial charge >= 0.3 is 6.03 Å². The van der Waals surface area contributed by atoms with Crippen LogP contribution in [-0.4, -0.2) is 37.4 Å². The Morgan fingerprint density at radius 2 is 2.08 bits per heavy atom. The van der Waals surface area contributed by atoms with Crippen LogP contribution in [0.15, 0.2) is 24.3 Å². The standard InChI is InChI=1S/C19H28N2O3/c1-12(15-5-3-4-6-17(15)24-2)10-20-19(23)21-18-14-8-7-13(9-14)16(18)11-22/h3-6,12-14,16,18,22H,7-11H2,1-2H3,(H2,20,21,23). The van der Waals surface area contributed by atoms with Crippen LogP contribution < -0.4 is 15.4 Å². The van der Waals surface area contributed by atoms with Crippen molar-refractivity contribution < 1.29 is 14.6 Å². The van der Waals surface area contributed by atoms with Crippen molar-refractivity contribution in [3.05, 3.63) is 29.8 Å². The molecule has 2 aliphatic rings. The number of fused-ring (bicyclic) bond motifs is 2. The predicted molar refractivity (Wildman–Crippen MR) is 93.1 cm³/mol. The second-order valence-electron chi connectivity index (χ2n) is 7.20. The lowest BCUT2D eigenvalue weighted by Gasteiger charge is -2.30. The number of nitrogens with one attached hydrogen (secondary N) is 2. The van der Waals surface area contributed by atoms with E-state index in [1.54, 1.807) is 7.11 Å². The minimum absolute atomic E-state index is 0.121. The van der Waals surface area contributed by atoms with E-state index >= 15 is 0 Å². The van der Waals surface area contributed by atoms with Gasteiger partial charge in [0.2, 0.25) is 0 Å². The van der Waals surface area contributed by atoms with E-state index in [9.17, 15) is 9.90 Å². The molecule has 24 heavy (non-hydrogen) atoms. The van der Waals surface area contributed by atoms with Crippen molar-refractivity contribution >= 4 is 6.03 Å². The number of amides is 2. The molecule has 2 amide bonds. The second kappa shape index (κ2) is 7.43. The molecule has 132 valence electrons. The highest BCUT2D eigenvalue weighted by molar-refractivity contribution is 5.74. The van der Waals surface area contributed by atoms with Crippen molar-refractivity contribution in [2.45, 2.75) is 38.1 Å². The summed E-state index contributed by atoms with van der Waals surface area (Å²) in [6, 6.07) is 7.88. The van der Waals surface area contributed by atoms with Crippen LogP contribution in [-0.2, 0) is 0 Å². The van der Waals surface area contributed by atoms with E-state index in [4.69, 9.17) is 4.74 Å². The predicted octanol–water partition coefficient (Wildman–Crippen LogP) is 2.50. The Hall–Kier alpha value is -1.75. The Balaban J connectivity index is 1.52. The van der Waals surface area contributed by atoms with E-state index in [2.05, 4.69) is 17.6 Å². The highest BCUT2D eigenvalue weighted by Crippen LogP contribution is 2.48. The summed E-state index contributed by atoms with van der Waals surface area (Å²) in [7, 11) is 1.66. The number of para-hydroxylation sites is 1. The van der Waals surface area contributed by atoms with Gasteiger partial charge in [-0.3, -0.25) is 0 Å². The third kappa shape index (κ3) is 3.36. The van der Waals surface area contributed by atoms with Gasteiger partial charge in [0.25, 0.3) is 0 Å². The Kier molecular flexibility index (Phi) is 5.29. The highest BCUT2D eigenvalue weighted by atomic mass is 16.5. The van der Waals surface area contributed by atoms with Crippen LogP contribution in [0.2, 0.25) is 0 Å². The third-order valence-electron chi connectivity index (χ3n) is 5.84. The lowest BCUT2D eigenvalue weighted by Crippen LogP contribution is -2.49. The fourth-order valence-electron chi connectivity index (χ4n) is 4.53. The van der Waals surface area contributed by atoms with Crippen LogP contribution in [0.3, 0.4) is 0 Å².